The first-order valence-electron chi connectivity index (χ1n) is 9.81. The van der Waals surface area contributed by atoms with Gasteiger partial charge >= 0.3 is 5.97 Å². The predicted molar refractivity (Wildman–Crippen MR) is 89.9 cm³/mol. The fourth-order valence-corrected chi connectivity index (χ4v) is 7.44. The highest BCUT2D eigenvalue weighted by Gasteiger charge is 2.73. The summed E-state index contributed by atoms with van der Waals surface area (Å²) in [6, 6.07) is 0. The number of rotatable bonds is 1. The summed E-state index contributed by atoms with van der Waals surface area (Å²) in [6.45, 7) is 3.54. The lowest BCUT2D eigenvalue weighted by atomic mass is 9.42. The number of carboxylic acid groups (broad SMARTS) is 1. The van der Waals surface area contributed by atoms with Crippen molar-refractivity contribution in [2.75, 3.05) is 0 Å². The molecular formula is C20H28F2O4. The summed E-state index contributed by atoms with van der Waals surface area (Å²) >= 11 is 0. The van der Waals surface area contributed by atoms with Crippen molar-refractivity contribution >= 4 is 11.8 Å². The molecule has 0 bridgehead atoms. The maximum atomic E-state index is 16.7. The predicted octanol–water partition coefficient (Wildman–Crippen LogP) is 3.31. The van der Waals surface area contributed by atoms with E-state index in [1.165, 1.54) is 0 Å². The monoisotopic (exact) mass is 370 g/mol. The third-order valence-electron chi connectivity index (χ3n) is 8.83. The van der Waals surface area contributed by atoms with Crippen molar-refractivity contribution in [3.8, 4) is 0 Å². The molecule has 6 heteroatoms. The number of halogens is 2. The van der Waals surface area contributed by atoms with E-state index in [1.807, 2.05) is 6.92 Å². The Morgan fingerprint density at radius 3 is 2.54 bits per heavy atom. The van der Waals surface area contributed by atoms with E-state index >= 15 is 8.78 Å². The van der Waals surface area contributed by atoms with E-state index in [1.54, 1.807) is 6.92 Å². The first-order valence-corrected chi connectivity index (χ1v) is 9.81. The second-order valence-corrected chi connectivity index (χ2v) is 9.69. The van der Waals surface area contributed by atoms with Crippen molar-refractivity contribution < 1.29 is 28.6 Å². The molecule has 146 valence electrons. The van der Waals surface area contributed by atoms with Crippen LogP contribution in [0.1, 0.15) is 58.8 Å². The molecule has 9 atom stereocenters. The molecule has 2 N–H and O–H groups in total. The average Bonchev–Trinajstić information content (AvgIpc) is 2.89. The molecule has 4 rings (SSSR count). The maximum absolute atomic E-state index is 16.7. The first kappa shape index (κ1) is 18.3. The van der Waals surface area contributed by atoms with Crippen molar-refractivity contribution in [2.24, 2.45) is 34.5 Å². The molecule has 0 aromatic carbocycles. The highest BCUT2D eigenvalue weighted by molar-refractivity contribution is 5.80. The highest BCUT2D eigenvalue weighted by Crippen LogP contribution is 2.70. The number of hydrogen-bond acceptors (Lipinski definition) is 3. The summed E-state index contributed by atoms with van der Waals surface area (Å²) in [5, 5.41) is 20.6. The molecule has 7 unspecified atom stereocenters. The van der Waals surface area contributed by atoms with Gasteiger partial charge < -0.3 is 10.2 Å². The number of ketones is 1. The molecule has 4 aliphatic carbocycles. The standard InChI is InChI=1S/C20H28F2O4/c1-18-9-16(24)20(22)13(11(18)3-4-12(18)17(25)26)8-15(21)14-7-10(23)5-6-19(14,20)2/h11-16,24H,3-9H2,1-2H3,(H,25,26)/t11?,12?,13?,14?,15-,16?,18?,19?,20-/m0/s1. The summed E-state index contributed by atoms with van der Waals surface area (Å²) in [4.78, 5) is 23.6. The van der Waals surface area contributed by atoms with Crippen LogP contribution in [-0.2, 0) is 9.59 Å². The normalized spacial score (nSPS) is 56.4. The Balaban J connectivity index is 1.78. The van der Waals surface area contributed by atoms with Gasteiger partial charge in [0.25, 0.3) is 0 Å². The van der Waals surface area contributed by atoms with E-state index in [0.29, 0.717) is 12.8 Å². The molecule has 4 aliphatic rings. The van der Waals surface area contributed by atoms with Crippen LogP contribution in [0.15, 0.2) is 0 Å². The van der Waals surface area contributed by atoms with Crippen molar-refractivity contribution in [3.05, 3.63) is 0 Å². The van der Waals surface area contributed by atoms with Crippen molar-refractivity contribution in [2.45, 2.75) is 76.7 Å². The van der Waals surface area contributed by atoms with E-state index in [-0.39, 0.29) is 43.8 Å². The summed E-state index contributed by atoms with van der Waals surface area (Å²) in [5.41, 5.74) is -3.75. The summed E-state index contributed by atoms with van der Waals surface area (Å²) in [7, 11) is 0. The van der Waals surface area contributed by atoms with Gasteiger partial charge in [-0.2, -0.15) is 0 Å². The second kappa shape index (κ2) is 5.49. The minimum atomic E-state index is -1.96. The lowest BCUT2D eigenvalue weighted by Gasteiger charge is -2.65. The van der Waals surface area contributed by atoms with Crippen LogP contribution >= 0.6 is 0 Å². The number of carboxylic acids is 1. The van der Waals surface area contributed by atoms with Crippen LogP contribution in [-0.4, -0.2) is 39.9 Å². The van der Waals surface area contributed by atoms with Gasteiger partial charge in [0.2, 0.25) is 0 Å². The van der Waals surface area contributed by atoms with Gasteiger partial charge in [0, 0.05) is 30.1 Å². The number of carbonyl (C=O) groups is 2. The van der Waals surface area contributed by atoms with Crippen LogP contribution in [0.3, 0.4) is 0 Å². The van der Waals surface area contributed by atoms with E-state index in [2.05, 4.69) is 0 Å². The molecule has 4 fully saturated rings. The van der Waals surface area contributed by atoms with E-state index in [0.717, 1.165) is 0 Å². The fourth-order valence-electron chi connectivity index (χ4n) is 7.44. The molecule has 0 saturated heterocycles. The Morgan fingerprint density at radius 1 is 1.19 bits per heavy atom. The van der Waals surface area contributed by atoms with Gasteiger partial charge in [0.15, 0.2) is 0 Å². The zero-order chi connectivity index (χ0) is 19.1. The van der Waals surface area contributed by atoms with Crippen LogP contribution in [0.5, 0.6) is 0 Å². The van der Waals surface area contributed by atoms with Crippen LogP contribution in [0.25, 0.3) is 0 Å². The van der Waals surface area contributed by atoms with Crippen molar-refractivity contribution in [1.29, 1.82) is 0 Å². The minimum absolute atomic E-state index is 0.0201. The van der Waals surface area contributed by atoms with Crippen LogP contribution in [0, 0.1) is 34.5 Å². The number of aliphatic carboxylic acids is 1. The van der Waals surface area contributed by atoms with Crippen molar-refractivity contribution in [1.82, 2.24) is 0 Å². The van der Waals surface area contributed by atoms with Gasteiger partial charge in [-0.3, -0.25) is 9.59 Å². The van der Waals surface area contributed by atoms with Crippen LogP contribution < -0.4 is 0 Å². The average molecular weight is 370 g/mol. The molecule has 4 nitrogen and oxygen atoms in total. The maximum Gasteiger partial charge on any atom is 0.307 e. The fraction of sp³-hybridized carbons (Fsp3) is 0.900. The number of aliphatic hydroxyl groups is 1. The number of fused-ring (bicyclic) bond motifs is 5. The molecule has 26 heavy (non-hydrogen) atoms. The summed E-state index contributed by atoms with van der Waals surface area (Å²) in [5.74, 6) is -3.19. The Kier molecular flexibility index (Phi) is 3.87. The molecule has 0 aromatic heterocycles. The first-order chi connectivity index (χ1) is 12.1. The third-order valence-corrected chi connectivity index (χ3v) is 8.83. The summed E-state index contributed by atoms with van der Waals surface area (Å²) < 4.78 is 31.8. The van der Waals surface area contributed by atoms with Gasteiger partial charge in [-0.15, -0.1) is 0 Å². The quantitative estimate of drug-likeness (QED) is 0.743. The number of aliphatic hydroxyl groups excluding tert-OH is 1. The largest absolute Gasteiger partial charge is 0.481 e. The van der Waals surface area contributed by atoms with Crippen molar-refractivity contribution in [3.63, 3.8) is 0 Å². The Bertz CT molecular complexity index is 654. The number of alkyl halides is 2. The molecule has 0 radical (unpaired) electrons. The molecular weight excluding hydrogens is 342 g/mol. The molecule has 0 heterocycles. The van der Waals surface area contributed by atoms with E-state index in [4.69, 9.17) is 0 Å². The summed E-state index contributed by atoms with van der Waals surface area (Å²) in [6.07, 6.45) is -0.991. The Morgan fingerprint density at radius 2 is 1.88 bits per heavy atom. The zero-order valence-corrected chi connectivity index (χ0v) is 15.4. The molecule has 0 aliphatic heterocycles. The molecule has 0 amide bonds. The zero-order valence-electron chi connectivity index (χ0n) is 15.4. The SMILES string of the molecule is CC12CC(O)[C@@]3(F)C(C[C@H](F)C4CC(=O)CCC43C)C1CCC2C(=O)O. The lowest BCUT2D eigenvalue weighted by Crippen LogP contribution is -2.71. The second-order valence-electron chi connectivity index (χ2n) is 9.69. The number of Topliss-reactive ketones (excluding diaryl/α,β-unsaturated/α-hetero) is 1. The lowest BCUT2D eigenvalue weighted by molar-refractivity contribution is -0.255. The van der Waals surface area contributed by atoms with Gasteiger partial charge in [-0.1, -0.05) is 13.8 Å². The molecule has 0 aromatic rings. The third kappa shape index (κ3) is 2.02. The van der Waals surface area contributed by atoms with Gasteiger partial charge in [0.05, 0.1) is 12.0 Å². The Labute approximate surface area is 152 Å². The minimum Gasteiger partial charge on any atom is -0.481 e. The smallest absolute Gasteiger partial charge is 0.307 e. The van der Waals surface area contributed by atoms with Gasteiger partial charge in [-0.05, 0) is 43.4 Å². The van der Waals surface area contributed by atoms with E-state index < -0.39 is 52.5 Å². The van der Waals surface area contributed by atoms with Gasteiger partial charge in [0.1, 0.15) is 17.6 Å². The number of hydrogen-bond donors (Lipinski definition) is 2. The van der Waals surface area contributed by atoms with E-state index in [9.17, 15) is 19.8 Å². The van der Waals surface area contributed by atoms with Crippen LogP contribution in [0.2, 0.25) is 0 Å². The molecule has 0 spiro atoms. The van der Waals surface area contributed by atoms with Crippen LogP contribution in [0.4, 0.5) is 8.78 Å². The Hall–Kier alpha value is -1.04. The highest BCUT2D eigenvalue weighted by atomic mass is 19.1. The number of carbonyl (C=O) groups excluding carboxylic acids is 1. The molecule has 4 saturated carbocycles. The van der Waals surface area contributed by atoms with Gasteiger partial charge in [-0.25, -0.2) is 8.78 Å². The topological polar surface area (TPSA) is 74.6 Å².